The zero-order valence-electron chi connectivity index (χ0n) is 8.46. The monoisotopic (exact) mass is 264 g/mol. The van der Waals surface area contributed by atoms with Gasteiger partial charge < -0.3 is 4.84 Å². The first-order valence-corrected chi connectivity index (χ1v) is 5.26. The molecule has 1 heterocycles. The maximum Gasteiger partial charge on any atom is 0.416 e. The van der Waals surface area contributed by atoms with Gasteiger partial charge in [0.15, 0.2) is 6.17 Å². The van der Waals surface area contributed by atoms with Gasteiger partial charge in [-0.25, -0.2) is 4.99 Å². The Hall–Kier alpha value is -1.27. The molecule has 0 aromatic heterocycles. The lowest BCUT2D eigenvalue weighted by Gasteiger charge is -2.09. The quantitative estimate of drug-likeness (QED) is 0.834. The van der Waals surface area contributed by atoms with E-state index in [9.17, 15) is 13.2 Å². The summed E-state index contributed by atoms with van der Waals surface area (Å²) >= 11 is 5.50. The second kappa shape index (κ2) is 4.54. The average Bonchev–Trinajstić information content (AvgIpc) is 2.76. The van der Waals surface area contributed by atoms with Crippen LogP contribution in [0.1, 0.15) is 17.3 Å². The Bertz CT molecular complexity index is 430. The maximum atomic E-state index is 12.3. The van der Waals surface area contributed by atoms with Crippen molar-refractivity contribution < 1.29 is 18.0 Å². The van der Waals surface area contributed by atoms with Crippen LogP contribution in [0, 0.1) is 0 Å². The molecule has 2 rings (SSSR count). The van der Waals surface area contributed by atoms with E-state index in [1.165, 1.54) is 12.1 Å². The van der Waals surface area contributed by atoms with Crippen LogP contribution in [0.3, 0.4) is 0 Å². The third-order valence-electron chi connectivity index (χ3n) is 2.23. The van der Waals surface area contributed by atoms with Crippen LogP contribution in [-0.4, -0.2) is 11.8 Å². The van der Waals surface area contributed by atoms with Gasteiger partial charge in [-0.2, -0.15) is 13.2 Å². The van der Waals surface area contributed by atoms with Crippen molar-refractivity contribution in [3.63, 3.8) is 0 Å². The fourth-order valence-electron chi connectivity index (χ4n) is 1.38. The predicted molar refractivity (Wildman–Crippen MR) is 56.6 cm³/mol. The van der Waals surface area contributed by atoms with Crippen molar-refractivity contribution in [3.8, 4) is 0 Å². The standard InChI is InChI=1S/C10H8ClF3N2O/c11-5-8-15-9(16-17-8)6-1-3-7(4-2-6)10(12,13)14/h1-4,9,16H,5H2. The predicted octanol–water partition coefficient (Wildman–Crippen LogP) is 2.88. The Balaban J connectivity index is 2.17. The van der Waals surface area contributed by atoms with Gasteiger partial charge in [0.05, 0.1) is 5.56 Å². The van der Waals surface area contributed by atoms with Gasteiger partial charge in [-0.1, -0.05) is 12.1 Å². The highest BCUT2D eigenvalue weighted by Gasteiger charge is 2.30. The summed E-state index contributed by atoms with van der Waals surface area (Å²) < 4.78 is 37.0. The number of aliphatic imine (C=N–C) groups is 1. The zero-order chi connectivity index (χ0) is 12.5. The van der Waals surface area contributed by atoms with Crippen LogP contribution in [0.2, 0.25) is 0 Å². The third-order valence-corrected chi connectivity index (χ3v) is 2.46. The van der Waals surface area contributed by atoms with Crippen molar-refractivity contribution in [2.24, 2.45) is 4.99 Å². The summed E-state index contributed by atoms with van der Waals surface area (Å²) in [5.74, 6) is 0.431. The highest BCUT2D eigenvalue weighted by Crippen LogP contribution is 2.30. The van der Waals surface area contributed by atoms with Gasteiger partial charge >= 0.3 is 6.18 Å². The molecule has 1 atom stereocenters. The highest BCUT2D eigenvalue weighted by molar-refractivity contribution is 6.27. The Morgan fingerprint density at radius 1 is 1.29 bits per heavy atom. The van der Waals surface area contributed by atoms with Crippen LogP contribution in [0.25, 0.3) is 0 Å². The van der Waals surface area contributed by atoms with Gasteiger partial charge in [0, 0.05) is 0 Å². The third kappa shape index (κ3) is 2.70. The second-order valence-electron chi connectivity index (χ2n) is 3.40. The molecule has 1 aliphatic rings. The summed E-state index contributed by atoms with van der Waals surface area (Å²) in [7, 11) is 0. The summed E-state index contributed by atoms with van der Waals surface area (Å²) in [4.78, 5) is 8.95. The van der Waals surface area contributed by atoms with E-state index in [-0.39, 0.29) is 5.88 Å². The lowest BCUT2D eigenvalue weighted by Crippen LogP contribution is -2.15. The molecule has 92 valence electrons. The zero-order valence-corrected chi connectivity index (χ0v) is 9.22. The normalized spacial score (nSPS) is 20.0. The summed E-state index contributed by atoms with van der Waals surface area (Å²) in [6, 6.07) is 4.71. The van der Waals surface area contributed by atoms with E-state index in [1.54, 1.807) is 0 Å². The van der Waals surface area contributed by atoms with Crippen LogP contribution in [0.4, 0.5) is 13.2 Å². The maximum absolute atomic E-state index is 12.3. The van der Waals surface area contributed by atoms with E-state index >= 15 is 0 Å². The van der Waals surface area contributed by atoms with Crippen LogP contribution < -0.4 is 5.48 Å². The van der Waals surface area contributed by atoms with Crippen LogP contribution in [-0.2, 0) is 11.0 Å². The Labute approximate surface area is 100 Å². The van der Waals surface area contributed by atoms with Gasteiger partial charge in [-0.15, -0.1) is 17.1 Å². The SMILES string of the molecule is FC(F)(F)c1ccc(C2N=C(CCl)ON2)cc1. The van der Waals surface area contributed by atoms with Crippen molar-refractivity contribution in [2.45, 2.75) is 12.3 Å². The number of nitrogens with zero attached hydrogens (tertiary/aromatic N) is 1. The van der Waals surface area contributed by atoms with E-state index in [0.29, 0.717) is 11.5 Å². The van der Waals surface area contributed by atoms with Gasteiger partial charge in [-0.3, -0.25) is 0 Å². The van der Waals surface area contributed by atoms with E-state index in [2.05, 4.69) is 10.5 Å². The van der Waals surface area contributed by atoms with Crippen LogP contribution in [0.5, 0.6) is 0 Å². The smallest absolute Gasteiger partial charge is 0.390 e. The number of halogens is 4. The van der Waals surface area contributed by atoms with Crippen LogP contribution >= 0.6 is 11.6 Å². The molecule has 0 saturated carbocycles. The molecular weight excluding hydrogens is 257 g/mol. The number of hydrogen-bond acceptors (Lipinski definition) is 3. The van der Waals surface area contributed by atoms with Crippen molar-refractivity contribution in [3.05, 3.63) is 35.4 Å². The number of hydrogen-bond donors (Lipinski definition) is 1. The highest BCUT2D eigenvalue weighted by atomic mass is 35.5. The molecule has 1 N–H and O–H groups in total. The van der Waals surface area contributed by atoms with E-state index in [4.69, 9.17) is 16.4 Å². The van der Waals surface area contributed by atoms with E-state index < -0.39 is 17.9 Å². The molecule has 1 aromatic rings. The molecule has 0 fully saturated rings. The number of hydroxylamine groups is 1. The number of benzene rings is 1. The summed E-state index contributed by atoms with van der Waals surface area (Å²) in [6.07, 6.45) is -4.84. The van der Waals surface area contributed by atoms with Crippen molar-refractivity contribution in [1.29, 1.82) is 0 Å². The van der Waals surface area contributed by atoms with Gasteiger partial charge in [0.2, 0.25) is 5.90 Å². The first-order chi connectivity index (χ1) is 8.00. The van der Waals surface area contributed by atoms with Crippen LogP contribution in [0.15, 0.2) is 29.3 Å². The Kier molecular flexibility index (Phi) is 3.26. The number of nitrogens with one attached hydrogen (secondary N) is 1. The minimum Gasteiger partial charge on any atom is -0.390 e. The Morgan fingerprint density at radius 3 is 2.41 bits per heavy atom. The first kappa shape index (κ1) is 12.2. The molecule has 1 aliphatic heterocycles. The molecule has 0 spiro atoms. The summed E-state index contributed by atoms with van der Waals surface area (Å²) in [5, 5.41) is 0. The second-order valence-corrected chi connectivity index (χ2v) is 3.67. The fourth-order valence-corrected chi connectivity index (χ4v) is 1.50. The topological polar surface area (TPSA) is 33.6 Å². The molecule has 0 aliphatic carbocycles. The van der Waals surface area contributed by atoms with Crippen molar-refractivity contribution >= 4 is 17.5 Å². The minimum absolute atomic E-state index is 0.115. The molecule has 0 bridgehead atoms. The van der Waals surface area contributed by atoms with Crippen molar-refractivity contribution in [1.82, 2.24) is 5.48 Å². The molecule has 7 heteroatoms. The van der Waals surface area contributed by atoms with Gasteiger partial charge in [0.25, 0.3) is 0 Å². The lowest BCUT2D eigenvalue weighted by atomic mass is 10.1. The fraction of sp³-hybridized carbons (Fsp3) is 0.300. The molecule has 0 amide bonds. The Morgan fingerprint density at radius 2 is 1.94 bits per heavy atom. The van der Waals surface area contributed by atoms with Crippen molar-refractivity contribution in [2.75, 3.05) is 5.88 Å². The molecule has 1 unspecified atom stereocenters. The number of alkyl halides is 4. The first-order valence-electron chi connectivity index (χ1n) is 4.73. The van der Waals surface area contributed by atoms with Gasteiger partial charge in [-0.05, 0) is 17.7 Å². The van der Waals surface area contributed by atoms with E-state index in [1.807, 2.05) is 0 Å². The molecule has 0 radical (unpaired) electrons. The molecule has 0 saturated heterocycles. The molecular formula is C10H8ClF3N2O. The minimum atomic E-state index is -4.33. The average molecular weight is 265 g/mol. The lowest BCUT2D eigenvalue weighted by molar-refractivity contribution is -0.137. The summed E-state index contributed by atoms with van der Waals surface area (Å²) in [5.41, 5.74) is 2.45. The summed E-state index contributed by atoms with van der Waals surface area (Å²) in [6.45, 7) is 0. The molecule has 17 heavy (non-hydrogen) atoms. The largest absolute Gasteiger partial charge is 0.416 e. The molecule has 3 nitrogen and oxygen atoms in total. The van der Waals surface area contributed by atoms with Gasteiger partial charge in [0.1, 0.15) is 5.88 Å². The number of rotatable bonds is 2. The van der Waals surface area contributed by atoms with E-state index in [0.717, 1.165) is 12.1 Å². The molecule has 1 aromatic carbocycles.